The summed E-state index contributed by atoms with van der Waals surface area (Å²) in [4.78, 5) is 16.1. The number of amides is 2. The largest absolute Gasteiger partial charge is 0.337 e. The van der Waals surface area contributed by atoms with Crippen molar-refractivity contribution in [2.24, 2.45) is 0 Å². The number of nitrogens with one attached hydrogen (secondary N) is 2. The first-order valence-corrected chi connectivity index (χ1v) is 7.21. The van der Waals surface area contributed by atoms with Gasteiger partial charge in [-0.2, -0.15) is 4.98 Å². The van der Waals surface area contributed by atoms with Crippen LogP contribution in [0.25, 0.3) is 11.4 Å². The first kappa shape index (κ1) is 14.8. The Labute approximate surface area is 133 Å². The molecular formula is C17H16N4O2. The number of carbonyl (C=O) groups is 1. The van der Waals surface area contributed by atoms with Crippen LogP contribution < -0.4 is 10.6 Å². The fraction of sp³-hybridized carbons (Fsp3) is 0.118. The number of anilines is 1. The van der Waals surface area contributed by atoms with Crippen molar-refractivity contribution < 1.29 is 9.32 Å². The fourth-order valence-corrected chi connectivity index (χ4v) is 2.11. The summed E-state index contributed by atoms with van der Waals surface area (Å²) in [6.45, 7) is 2.15. The third-order valence-electron chi connectivity index (χ3n) is 3.29. The number of urea groups is 1. The lowest BCUT2D eigenvalue weighted by atomic mass is 10.1. The van der Waals surface area contributed by atoms with Gasteiger partial charge in [0.15, 0.2) is 0 Å². The standard InChI is InChI=1S/C17H16N4O2/c1-12-7-5-6-10-14(12)16-20-15(23-21-16)11-18-17(22)19-13-8-3-2-4-9-13/h2-10H,11H2,1H3,(H2,18,19,22). The number of benzene rings is 2. The summed E-state index contributed by atoms with van der Waals surface area (Å²) < 4.78 is 5.17. The van der Waals surface area contributed by atoms with Crippen molar-refractivity contribution in [1.82, 2.24) is 15.5 Å². The molecule has 3 aromatic rings. The molecule has 0 radical (unpaired) electrons. The molecule has 0 unspecified atom stereocenters. The first-order valence-electron chi connectivity index (χ1n) is 7.21. The normalized spacial score (nSPS) is 10.3. The molecule has 0 spiro atoms. The summed E-state index contributed by atoms with van der Waals surface area (Å²) in [5, 5.41) is 9.35. The number of nitrogens with zero attached hydrogens (tertiary/aromatic N) is 2. The van der Waals surface area contributed by atoms with E-state index >= 15 is 0 Å². The molecule has 1 heterocycles. The second-order valence-corrected chi connectivity index (χ2v) is 5.00. The molecule has 2 N–H and O–H groups in total. The number of para-hydroxylation sites is 1. The highest BCUT2D eigenvalue weighted by Crippen LogP contribution is 2.19. The van der Waals surface area contributed by atoms with E-state index in [0.717, 1.165) is 16.8 Å². The van der Waals surface area contributed by atoms with Crippen molar-refractivity contribution in [2.75, 3.05) is 5.32 Å². The molecule has 0 aliphatic carbocycles. The van der Waals surface area contributed by atoms with Crippen LogP contribution >= 0.6 is 0 Å². The van der Waals surface area contributed by atoms with Gasteiger partial charge in [0.05, 0.1) is 6.54 Å². The van der Waals surface area contributed by atoms with Crippen LogP contribution in [0, 0.1) is 6.92 Å². The number of hydrogen-bond donors (Lipinski definition) is 2. The zero-order valence-electron chi connectivity index (χ0n) is 12.6. The van der Waals surface area contributed by atoms with Gasteiger partial charge in [0.2, 0.25) is 11.7 Å². The van der Waals surface area contributed by atoms with Crippen LogP contribution in [0.2, 0.25) is 0 Å². The van der Waals surface area contributed by atoms with Gasteiger partial charge in [-0.05, 0) is 24.6 Å². The predicted molar refractivity (Wildman–Crippen MR) is 86.8 cm³/mol. The highest BCUT2D eigenvalue weighted by atomic mass is 16.5. The molecule has 0 saturated carbocycles. The molecule has 6 nitrogen and oxygen atoms in total. The summed E-state index contributed by atoms with van der Waals surface area (Å²) in [5.74, 6) is 0.870. The average molecular weight is 308 g/mol. The highest BCUT2D eigenvalue weighted by molar-refractivity contribution is 5.89. The van der Waals surface area contributed by atoms with Gasteiger partial charge in [0.1, 0.15) is 0 Å². The third-order valence-corrected chi connectivity index (χ3v) is 3.29. The summed E-state index contributed by atoms with van der Waals surface area (Å²) >= 11 is 0. The SMILES string of the molecule is Cc1ccccc1-c1noc(CNC(=O)Nc2ccccc2)n1. The quantitative estimate of drug-likeness (QED) is 0.774. The number of hydrogen-bond acceptors (Lipinski definition) is 4. The van der Waals surface area contributed by atoms with E-state index in [4.69, 9.17) is 4.52 Å². The monoisotopic (exact) mass is 308 g/mol. The molecule has 116 valence electrons. The smallest absolute Gasteiger partial charge is 0.319 e. The van der Waals surface area contributed by atoms with E-state index in [1.165, 1.54) is 0 Å². The molecule has 2 aromatic carbocycles. The molecule has 0 saturated heterocycles. The van der Waals surface area contributed by atoms with Gasteiger partial charge in [-0.1, -0.05) is 47.6 Å². The van der Waals surface area contributed by atoms with Crippen molar-refractivity contribution in [3.63, 3.8) is 0 Å². The molecule has 0 atom stereocenters. The van der Waals surface area contributed by atoms with E-state index < -0.39 is 0 Å². The number of aromatic nitrogens is 2. The van der Waals surface area contributed by atoms with Gasteiger partial charge < -0.3 is 15.2 Å². The van der Waals surface area contributed by atoms with Crippen molar-refractivity contribution in [1.29, 1.82) is 0 Å². The van der Waals surface area contributed by atoms with Gasteiger partial charge >= 0.3 is 6.03 Å². The van der Waals surface area contributed by atoms with Crippen molar-refractivity contribution in [3.05, 3.63) is 66.1 Å². The summed E-state index contributed by atoms with van der Waals surface area (Å²) in [5.41, 5.74) is 2.70. The Morgan fingerprint density at radius 1 is 1.09 bits per heavy atom. The minimum Gasteiger partial charge on any atom is -0.337 e. The maximum Gasteiger partial charge on any atom is 0.319 e. The first-order chi connectivity index (χ1) is 11.2. The van der Waals surface area contributed by atoms with Crippen LogP contribution in [-0.2, 0) is 6.54 Å². The Bertz CT molecular complexity index is 799. The van der Waals surface area contributed by atoms with Crippen LogP contribution in [-0.4, -0.2) is 16.2 Å². The van der Waals surface area contributed by atoms with Crippen LogP contribution in [0.3, 0.4) is 0 Å². The van der Waals surface area contributed by atoms with E-state index in [1.807, 2.05) is 61.5 Å². The Balaban J connectivity index is 1.59. The minimum absolute atomic E-state index is 0.164. The summed E-state index contributed by atoms with van der Waals surface area (Å²) in [7, 11) is 0. The molecule has 23 heavy (non-hydrogen) atoms. The molecular weight excluding hydrogens is 292 g/mol. The van der Waals surface area contributed by atoms with E-state index in [9.17, 15) is 4.79 Å². The zero-order valence-corrected chi connectivity index (χ0v) is 12.6. The average Bonchev–Trinajstić information content (AvgIpc) is 3.03. The molecule has 0 aliphatic heterocycles. The lowest BCUT2D eigenvalue weighted by molar-refractivity contribution is 0.249. The van der Waals surface area contributed by atoms with Crippen LogP contribution in [0.4, 0.5) is 10.5 Å². The van der Waals surface area contributed by atoms with Crippen molar-refractivity contribution in [2.45, 2.75) is 13.5 Å². The van der Waals surface area contributed by atoms with Crippen molar-refractivity contribution >= 4 is 11.7 Å². The molecule has 1 aromatic heterocycles. The summed E-state index contributed by atoms with van der Waals surface area (Å²) in [6.07, 6.45) is 0. The van der Waals surface area contributed by atoms with Gasteiger partial charge in [-0.15, -0.1) is 0 Å². The van der Waals surface area contributed by atoms with E-state index in [-0.39, 0.29) is 12.6 Å². The van der Waals surface area contributed by atoms with E-state index in [1.54, 1.807) is 0 Å². The molecule has 0 bridgehead atoms. The predicted octanol–water partition coefficient (Wildman–Crippen LogP) is 3.37. The highest BCUT2D eigenvalue weighted by Gasteiger charge is 2.11. The maximum absolute atomic E-state index is 11.8. The van der Waals surface area contributed by atoms with Crippen LogP contribution in [0.15, 0.2) is 59.1 Å². The molecule has 6 heteroatoms. The number of aryl methyl sites for hydroxylation is 1. The number of rotatable bonds is 4. The second-order valence-electron chi connectivity index (χ2n) is 5.00. The van der Waals surface area contributed by atoms with Crippen LogP contribution in [0.5, 0.6) is 0 Å². The minimum atomic E-state index is -0.327. The van der Waals surface area contributed by atoms with Gasteiger partial charge in [0.25, 0.3) is 0 Å². The number of carbonyl (C=O) groups excluding carboxylic acids is 1. The van der Waals surface area contributed by atoms with E-state index in [2.05, 4.69) is 20.8 Å². The summed E-state index contributed by atoms with van der Waals surface area (Å²) in [6, 6.07) is 16.7. The second kappa shape index (κ2) is 6.74. The molecule has 0 aliphatic rings. The van der Waals surface area contributed by atoms with Crippen molar-refractivity contribution in [3.8, 4) is 11.4 Å². The Hall–Kier alpha value is -3.15. The molecule has 0 fully saturated rings. The van der Waals surface area contributed by atoms with E-state index in [0.29, 0.717) is 11.7 Å². The Kier molecular flexibility index (Phi) is 4.33. The molecule has 3 rings (SSSR count). The topological polar surface area (TPSA) is 80.0 Å². The lowest BCUT2D eigenvalue weighted by Gasteiger charge is -2.05. The lowest BCUT2D eigenvalue weighted by Crippen LogP contribution is -2.28. The van der Waals surface area contributed by atoms with Crippen LogP contribution in [0.1, 0.15) is 11.5 Å². The Morgan fingerprint density at radius 2 is 1.83 bits per heavy atom. The zero-order chi connectivity index (χ0) is 16.1. The van der Waals surface area contributed by atoms with Gasteiger partial charge in [-0.25, -0.2) is 4.79 Å². The fourth-order valence-electron chi connectivity index (χ4n) is 2.11. The van der Waals surface area contributed by atoms with Gasteiger partial charge in [-0.3, -0.25) is 0 Å². The third kappa shape index (κ3) is 3.74. The molecule has 2 amide bonds. The van der Waals surface area contributed by atoms with Gasteiger partial charge in [0, 0.05) is 11.3 Å². The Morgan fingerprint density at radius 3 is 2.61 bits per heavy atom. The maximum atomic E-state index is 11.8.